The predicted octanol–water partition coefficient (Wildman–Crippen LogP) is 4.59. The number of nitrogens with one attached hydrogen (secondary N) is 2. The summed E-state index contributed by atoms with van der Waals surface area (Å²) in [6.07, 6.45) is 1.65. The Morgan fingerprint density at radius 1 is 1.11 bits per heavy atom. The summed E-state index contributed by atoms with van der Waals surface area (Å²) in [5.41, 5.74) is 1.91. The molecule has 3 rings (SSSR count). The SMILES string of the molecule is CC(C)Oc1ccc(Nc2nccc(C(=O)NCc3ccccc3Cl)n2)cc1. The summed E-state index contributed by atoms with van der Waals surface area (Å²) in [5, 5.41) is 6.51. The Morgan fingerprint density at radius 2 is 1.86 bits per heavy atom. The molecule has 0 spiro atoms. The normalized spacial score (nSPS) is 10.6. The lowest BCUT2D eigenvalue weighted by molar-refractivity contribution is 0.0946. The summed E-state index contributed by atoms with van der Waals surface area (Å²) in [7, 11) is 0. The topological polar surface area (TPSA) is 76.1 Å². The summed E-state index contributed by atoms with van der Waals surface area (Å²) in [6.45, 7) is 4.27. The standard InChI is InChI=1S/C21H21ClN4O2/c1-14(2)28-17-9-7-16(8-10-17)25-21-23-12-11-19(26-21)20(27)24-13-15-5-3-4-6-18(15)22/h3-12,14H,13H2,1-2H3,(H,24,27)(H,23,25,26). The van der Waals surface area contributed by atoms with Gasteiger partial charge in [0.2, 0.25) is 5.95 Å². The molecule has 2 aromatic carbocycles. The molecule has 28 heavy (non-hydrogen) atoms. The first kappa shape index (κ1) is 19.6. The smallest absolute Gasteiger partial charge is 0.270 e. The molecule has 0 aliphatic rings. The van der Waals surface area contributed by atoms with Crippen LogP contribution in [-0.2, 0) is 6.54 Å². The minimum Gasteiger partial charge on any atom is -0.491 e. The zero-order chi connectivity index (χ0) is 19.9. The van der Waals surface area contributed by atoms with Crippen LogP contribution in [-0.4, -0.2) is 22.0 Å². The second-order valence-electron chi connectivity index (χ2n) is 6.36. The first-order valence-electron chi connectivity index (χ1n) is 8.89. The van der Waals surface area contributed by atoms with Crippen LogP contribution in [0.3, 0.4) is 0 Å². The van der Waals surface area contributed by atoms with Crippen molar-refractivity contribution in [3.05, 3.63) is 77.1 Å². The number of benzene rings is 2. The Morgan fingerprint density at radius 3 is 2.57 bits per heavy atom. The molecule has 144 valence electrons. The molecule has 3 aromatic rings. The summed E-state index contributed by atoms with van der Waals surface area (Å²) in [4.78, 5) is 20.8. The number of hydrogen-bond acceptors (Lipinski definition) is 5. The van der Waals surface area contributed by atoms with Gasteiger partial charge in [-0.1, -0.05) is 29.8 Å². The Kier molecular flexibility index (Phi) is 6.45. The fraction of sp³-hybridized carbons (Fsp3) is 0.190. The molecule has 6 nitrogen and oxygen atoms in total. The monoisotopic (exact) mass is 396 g/mol. The van der Waals surface area contributed by atoms with E-state index in [0.29, 0.717) is 17.5 Å². The van der Waals surface area contributed by atoms with E-state index in [4.69, 9.17) is 16.3 Å². The van der Waals surface area contributed by atoms with E-state index in [9.17, 15) is 4.79 Å². The fourth-order valence-electron chi connectivity index (χ4n) is 2.47. The Hall–Kier alpha value is -3.12. The van der Waals surface area contributed by atoms with E-state index < -0.39 is 0 Å². The van der Waals surface area contributed by atoms with Crippen LogP contribution in [0.1, 0.15) is 29.9 Å². The van der Waals surface area contributed by atoms with E-state index in [0.717, 1.165) is 17.0 Å². The maximum atomic E-state index is 12.4. The van der Waals surface area contributed by atoms with Gasteiger partial charge in [0.25, 0.3) is 5.91 Å². The van der Waals surface area contributed by atoms with Crippen molar-refractivity contribution in [3.63, 3.8) is 0 Å². The van der Waals surface area contributed by atoms with Crippen LogP contribution in [0.2, 0.25) is 5.02 Å². The molecule has 7 heteroatoms. The van der Waals surface area contributed by atoms with E-state index in [-0.39, 0.29) is 17.7 Å². The number of anilines is 2. The lowest BCUT2D eigenvalue weighted by Crippen LogP contribution is -2.24. The summed E-state index contributed by atoms with van der Waals surface area (Å²) in [6, 6.07) is 16.4. The highest BCUT2D eigenvalue weighted by Crippen LogP contribution is 2.19. The van der Waals surface area contributed by atoms with Gasteiger partial charge in [0, 0.05) is 23.5 Å². The summed E-state index contributed by atoms with van der Waals surface area (Å²) < 4.78 is 5.62. The predicted molar refractivity (Wildman–Crippen MR) is 110 cm³/mol. The average Bonchev–Trinajstić information content (AvgIpc) is 2.68. The van der Waals surface area contributed by atoms with Crippen molar-refractivity contribution in [3.8, 4) is 5.75 Å². The Bertz CT molecular complexity index is 945. The van der Waals surface area contributed by atoms with Crippen LogP contribution in [0.4, 0.5) is 11.6 Å². The second kappa shape index (κ2) is 9.19. The van der Waals surface area contributed by atoms with Crippen molar-refractivity contribution < 1.29 is 9.53 Å². The lowest BCUT2D eigenvalue weighted by atomic mass is 10.2. The van der Waals surface area contributed by atoms with Crippen molar-refractivity contribution >= 4 is 29.1 Å². The van der Waals surface area contributed by atoms with E-state index in [1.54, 1.807) is 12.1 Å². The third kappa shape index (κ3) is 5.44. The van der Waals surface area contributed by atoms with Gasteiger partial charge in [-0.2, -0.15) is 0 Å². The first-order chi connectivity index (χ1) is 13.5. The molecule has 1 aromatic heterocycles. The number of amides is 1. The molecule has 0 fully saturated rings. The number of hydrogen-bond donors (Lipinski definition) is 2. The van der Waals surface area contributed by atoms with Gasteiger partial charge in [-0.3, -0.25) is 4.79 Å². The molecule has 1 amide bonds. The van der Waals surface area contributed by atoms with Crippen LogP contribution < -0.4 is 15.4 Å². The third-order valence-electron chi connectivity index (χ3n) is 3.77. The number of rotatable bonds is 7. The Labute approximate surface area is 168 Å². The zero-order valence-corrected chi connectivity index (χ0v) is 16.4. The minimum absolute atomic E-state index is 0.114. The molecule has 1 heterocycles. The first-order valence-corrected chi connectivity index (χ1v) is 9.27. The number of nitrogens with zero attached hydrogens (tertiary/aromatic N) is 2. The molecule has 0 aliphatic heterocycles. The van der Waals surface area contributed by atoms with E-state index in [2.05, 4.69) is 20.6 Å². The number of ether oxygens (including phenoxy) is 1. The molecule has 0 saturated carbocycles. The van der Waals surface area contributed by atoms with Gasteiger partial charge in [0.1, 0.15) is 11.4 Å². The average molecular weight is 397 g/mol. The molecular formula is C21H21ClN4O2. The van der Waals surface area contributed by atoms with Gasteiger partial charge in [-0.25, -0.2) is 9.97 Å². The zero-order valence-electron chi connectivity index (χ0n) is 15.6. The molecule has 0 aliphatic carbocycles. The molecule has 0 unspecified atom stereocenters. The van der Waals surface area contributed by atoms with Gasteiger partial charge in [-0.05, 0) is 55.8 Å². The minimum atomic E-state index is -0.300. The number of aromatic nitrogens is 2. The van der Waals surface area contributed by atoms with E-state index >= 15 is 0 Å². The number of carbonyl (C=O) groups excluding carboxylic acids is 1. The highest BCUT2D eigenvalue weighted by molar-refractivity contribution is 6.31. The van der Waals surface area contributed by atoms with Crippen molar-refractivity contribution in [2.24, 2.45) is 0 Å². The van der Waals surface area contributed by atoms with Crippen LogP contribution >= 0.6 is 11.6 Å². The Balaban J connectivity index is 1.63. The van der Waals surface area contributed by atoms with Crippen molar-refractivity contribution in [1.29, 1.82) is 0 Å². The largest absolute Gasteiger partial charge is 0.491 e. The van der Waals surface area contributed by atoms with E-state index in [1.807, 2.05) is 56.3 Å². The van der Waals surface area contributed by atoms with Crippen molar-refractivity contribution in [2.75, 3.05) is 5.32 Å². The molecule has 0 radical (unpaired) electrons. The fourth-order valence-corrected chi connectivity index (χ4v) is 2.67. The van der Waals surface area contributed by atoms with Crippen LogP contribution in [0.5, 0.6) is 5.75 Å². The highest BCUT2D eigenvalue weighted by atomic mass is 35.5. The molecule has 2 N–H and O–H groups in total. The molecular weight excluding hydrogens is 376 g/mol. The van der Waals surface area contributed by atoms with Crippen LogP contribution in [0.15, 0.2) is 60.8 Å². The van der Waals surface area contributed by atoms with Gasteiger partial charge >= 0.3 is 0 Å². The quantitative estimate of drug-likeness (QED) is 0.610. The van der Waals surface area contributed by atoms with Gasteiger partial charge < -0.3 is 15.4 Å². The molecule has 0 bridgehead atoms. The second-order valence-corrected chi connectivity index (χ2v) is 6.76. The number of carbonyl (C=O) groups is 1. The summed E-state index contributed by atoms with van der Waals surface area (Å²) in [5.74, 6) is 0.822. The number of halogens is 1. The summed E-state index contributed by atoms with van der Waals surface area (Å²) >= 11 is 6.11. The van der Waals surface area contributed by atoms with Gasteiger partial charge in [-0.15, -0.1) is 0 Å². The van der Waals surface area contributed by atoms with Crippen LogP contribution in [0.25, 0.3) is 0 Å². The van der Waals surface area contributed by atoms with E-state index in [1.165, 1.54) is 6.20 Å². The highest BCUT2D eigenvalue weighted by Gasteiger charge is 2.10. The van der Waals surface area contributed by atoms with Gasteiger partial charge in [0.15, 0.2) is 0 Å². The van der Waals surface area contributed by atoms with Crippen molar-refractivity contribution in [1.82, 2.24) is 15.3 Å². The molecule has 0 atom stereocenters. The third-order valence-corrected chi connectivity index (χ3v) is 4.14. The van der Waals surface area contributed by atoms with Crippen molar-refractivity contribution in [2.45, 2.75) is 26.5 Å². The molecule has 0 saturated heterocycles. The lowest BCUT2D eigenvalue weighted by Gasteiger charge is -2.11. The maximum Gasteiger partial charge on any atom is 0.270 e. The van der Waals surface area contributed by atoms with Gasteiger partial charge in [0.05, 0.1) is 6.10 Å². The van der Waals surface area contributed by atoms with Crippen LogP contribution in [0, 0.1) is 0 Å². The maximum absolute atomic E-state index is 12.4.